The van der Waals surface area contributed by atoms with Gasteiger partial charge >= 0.3 is 0 Å². The third kappa shape index (κ3) is 2.72. The molecule has 3 heterocycles. The van der Waals surface area contributed by atoms with E-state index in [1.165, 1.54) is 17.3 Å². The summed E-state index contributed by atoms with van der Waals surface area (Å²) in [4.78, 5) is 15.9. The van der Waals surface area contributed by atoms with Gasteiger partial charge < -0.3 is 9.84 Å². The predicted molar refractivity (Wildman–Crippen MR) is 68.3 cm³/mol. The molecule has 20 heavy (non-hydrogen) atoms. The molecule has 0 spiro atoms. The minimum Gasteiger partial charge on any atom is -0.361 e. The van der Waals surface area contributed by atoms with Crippen molar-refractivity contribution < 1.29 is 4.52 Å². The third-order valence-corrected chi connectivity index (χ3v) is 2.49. The zero-order chi connectivity index (χ0) is 13.9. The molecular weight excluding hydrogens is 284 g/mol. The van der Waals surface area contributed by atoms with E-state index in [9.17, 15) is 0 Å². The van der Waals surface area contributed by atoms with Crippen LogP contribution in [0.25, 0.3) is 5.95 Å². The Morgan fingerprint density at radius 2 is 2.25 bits per heavy atom. The Kier molecular flexibility index (Phi) is 3.25. The van der Waals surface area contributed by atoms with Gasteiger partial charge in [0, 0.05) is 6.07 Å². The molecule has 0 atom stereocenters. The van der Waals surface area contributed by atoms with E-state index in [2.05, 4.69) is 35.5 Å². The minimum absolute atomic E-state index is 0.0596. The molecule has 3 aromatic rings. The molecule has 0 aliphatic heterocycles. The van der Waals surface area contributed by atoms with Gasteiger partial charge in [0.15, 0.2) is 0 Å². The van der Waals surface area contributed by atoms with E-state index < -0.39 is 0 Å². The normalized spacial score (nSPS) is 10.7. The molecule has 3 aromatic heterocycles. The molecule has 0 unspecified atom stereocenters. The number of hydrogen-bond acceptors (Lipinski definition) is 8. The number of aryl methyl sites for hydroxylation is 1. The number of hydrogen-bond donors (Lipinski definition) is 1. The van der Waals surface area contributed by atoms with Gasteiger partial charge in [-0.3, -0.25) is 0 Å². The second kappa shape index (κ2) is 5.21. The monoisotopic (exact) mass is 292 g/mol. The highest BCUT2D eigenvalue weighted by atomic mass is 35.5. The van der Waals surface area contributed by atoms with E-state index in [-0.39, 0.29) is 11.2 Å². The van der Waals surface area contributed by atoms with Crippen LogP contribution in [0.4, 0.5) is 5.95 Å². The van der Waals surface area contributed by atoms with E-state index in [0.29, 0.717) is 12.5 Å². The van der Waals surface area contributed by atoms with Gasteiger partial charge in [-0.05, 0) is 18.5 Å². The van der Waals surface area contributed by atoms with E-state index in [1.54, 1.807) is 0 Å². The number of nitrogens with zero attached hydrogens (tertiary/aromatic N) is 7. The van der Waals surface area contributed by atoms with Crippen molar-refractivity contribution in [2.45, 2.75) is 13.5 Å². The van der Waals surface area contributed by atoms with Crippen LogP contribution < -0.4 is 5.32 Å². The maximum atomic E-state index is 5.85. The predicted octanol–water partition coefficient (Wildman–Crippen LogP) is 1.01. The zero-order valence-electron chi connectivity index (χ0n) is 10.4. The van der Waals surface area contributed by atoms with Crippen LogP contribution in [0.5, 0.6) is 0 Å². The lowest BCUT2D eigenvalue weighted by molar-refractivity contribution is 0.391. The van der Waals surface area contributed by atoms with Crippen molar-refractivity contribution >= 4 is 17.5 Å². The van der Waals surface area contributed by atoms with Crippen LogP contribution in [-0.4, -0.2) is 34.9 Å². The Labute approximate surface area is 118 Å². The van der Waals surface area contributed by atoms with Crippen molar-refractivity contribution in [3.63, 3.8) is 0 Å². The summed E-state index contributed by atoms with van der Waals surface area (Å²) in [5, 5.41) is 10.8. The van der Waals surface area contributed by atoms with Gasteiger partial charge in [0.2, 0.25) is 11.2 Å². The maximum absolute atomic E-state index is 5.85. The van der Waals surface area contributed by atoms with Crippen molar-refractivity contribution in [2.75, 3.05) is 5.32 Å². The molecule has 102 valence electrons. The number of aromatic nitrogens is 7. The molecule has 0 saturated heterocycles. The first-order valence-electron chi connectivity index (χ1n) is 5.63. The van der Waals surface area contributed by atoms with Gasteiger partial charge in [0.05, 0.1) is 6.54 Å². The Hall–Kier alpha value is -2.55. The third-order valence-electron chi connectivity index (χ3n) is 2.32. The SMILES string of the molecule is Cc1cc(CNc2nc(Cl)nc(-n3cncn3)n2)no1. The average molecular weight is 293 g/mol. The van der Waals surface area contributed by atoms with Crippen molar-refractivity contribution in [2.24, 2.45) is 0 Å². The smallest absolute Gasteiger partial charge is 0.258 e. The second-order valence-corrected chi connectivity index (χ2v) is 4.19. The standard InChI is InChI=1S/C10H9ClN8O/c1-6-2-7(18-20-6)3-13-9-15-8(11)16-10(17-9)19-5-12-4-14-19/h2,4-5H,3H2,1H3,(H,13,15,16,17). The van der Waals surface area contributed by atoms with Crippen LogP contribution >= 0.6 is 11.6 Å². The van der Waals surface area contributed by atoms with Gasteiger partial charge in [-0.2, -0.15) is 24.7 Å². The number of anilines is 1. The Morgan fingerprint density at radius 3 is 2.95 bits per heavy atom. The van der Waals surface area contributed by atoms with Crippen LogP contribution in [0.2, 0.25) is 5.28 Å². The molecule has 0 bridgehead atoms. The first-order valence-corrected chi connectivity index (χ1v) is 6.01. The van der Waals surface area contributed by atoms with Crippen LogP contribution in [-0.2, 0) is 6.54 Å². The quantitative estimate of drug-likeness (QED) is 0.759. The molecule has 1 N–H and O–H groups in total. The van der Waals surface area contributed by atoms with Crippen molar-refractivity contribution in [3.8, 4) is 5.95 Å². The molecule has 0 aliphatic carbocycles. The second-order valence-electron chi connectivity index (χ2n) is 3.85. The summed E-state index contributed by atoms with van der Waals surface area (Å²) < 4.78 is 6.36. The number of nitrogens with one attached hydrogen (secondary N) is 1. The van der Waals surface area contributed by atoms with E-state index in [4.69, 9.17) is 16.1 Å². The largest absolute Gasteiger partial charge is 0.361 e. The fourth-order valence-electron chi connectivity index (χ4n) is 1.50. The maximum Gasteiger partial charge on any atom is 0.258 e. The van der Waals surface area contributed by atoms with Gasteiger partial charge in [0.1, 0.15) is 24.1 Å². The summed E-state index contributed by atoms with van der Waals surface area (Å²) in [6, 6.07) is 1.81. The molecule has 3 rings (SSSR count). The number of halogens is 1. The van der Waals surface area contributed by atoms with Gasteiger partial charge in [-0.15, -0.1) is 0 Å². The molecule has 10 heteroatoms. The summed E-state index contributed by atoms with van der Waals surface area (Å²) >= 11 is 5.85. The zero-order valence-corrected chi connectivity index (χ0v) is 11.1. The van der Waals surface area contributed by atoms with Gasteiger partial charge in [-0.25, -0.2) is 4.98 Å². The Bertz CT molecular complexity index is 710. The first-order chi connectivity index (χ1) is 9.70. The Balaban J connectivity index is 1.79. The lowest BCUT2D eigenvalue weighted by Crippen LogP contribution is -2.09. The lowest BCUT2D eigenvalue weighted by Gasteiger charge is -2.04. The summed E-state index contributed by atoms with van der Waals surface area (Å²) in [5.41, 5.74) is 0.737. The molecular formula is C10H9ClN8O. The van der Waals surface area contributed by atoms with E-state index in [0.717, 1.165) is 11.5 Å². The van der Waals surface area contributed by atoms with Crippen molar-refractivity contribution in [1.29, 1.82) is 0 Å². The van der Waals surface area contributed by atoms with E-state index in [1.807, 2.05) is 13.0 Å². The van der Waals surface area contributed by atoms with Gasteiger partial charge in [-0.1, -0.05) is 5.16 Å². The van der Waals surface area contributed by atoms with Crippen molar-refractivity contribution in [1.82, 2.24) is 34.9 Å². The molecule has 0 radical (unpaired) electrons. The van der Waals surface area contributed by atoms with E-state index >= 15 is 0 Å². The summed E-state index contributed by atoms with van der Waals surface area (Å²) in [6.07, 6.45) is 2.85. The lowest BCUT2D eigenvalue weighted by atomic mass is 10.4. The first kappa shape index (κ1) is 12.5. The topological polar surface area (TPSA) is 107 Å². The molecule has 0 amide bonds. The van der Waals surface area contributed by atoms with Crippen LogP contribution in [0.1, 0.15) is 11.5 Å². The fourth-order valence-corrected chi connectivity index (χ4v) is 1.66. The molecule has 0 aromatic carbocycles. The molecule has 9 nitrogen and oxygen atoms in total. The van der Waals surface area contributed by atoms with Crippen LogP contribution in [0, 0.1) is 6.92 Å². The number of rotatable bonds is 4. The molecule has 0 saturated carbocycles. The average Bonchev–Trinajstić information content (AvgIpc) is 3.07. The Morgan fingerprint density at radius 1 is 1.35 bits per heavy atom. The summed E-state index contributed by atoms with van der Waals surface area (Å²) in [6.45, 7) is 2.23. The highest BCUT2D eigenvalue weighted by Crippen LogP contribution is 2.10. The summed E-state index contributed by atoms with van der Waals surface area (Å²) in [5.74, 6) is 1.33. The highest BCUT2D eigenvalue weighted by molar-refractivity contribution is 6.28. The highest BCUT2D eigenvalue weighted by Gasteiger charge is 2.08. The van der Waals surface area contributed by atoms with Crippen LogP contribution in [0.15, 0.2) is 23.2 Å². The van der Waals surface area contributed by atoms with Crippen LogP contribution in [0.3, 0.4) is 0 Å². The van der Waals surface area contributed by atoms with Gasteiger partial charge in [0.25, 0.3) is 5.95 Å². The fraction of sp³-hybridized carbons (Fsp3) is 0.200. The molecule has 0 fully saturated rings. The van der Waals surface area contributed by atoms with Crippen molar-refractivity contribution in [3.05, 3.63) is 35.5 Å². The minimum atomic E-state index is 0.0596. The summed E-state index contributed by atoms with van der Waals surface area (Å²) in [7, 11) is 0. The molecule has 0 aliphatic rings.